The average molecular weight is 271 g/mol. The number of ether oxygens (including phenoxy) is 1. The lowest BCUT2D eigenvalue weighted by Crippen LogP contribution is -2.42. The van der Waals surface area contributed by atoms with Crippen LogP contribution in [0.5, 0.6) is 0 Å². The van der Waals surface area contributed by atoms with Crippen LogP contribution in [0.25, 0.3) is 0 Å². The summed E-state index contributed by atoms with van der Waals surface area (Å²) in [6.07, 6.45) is -0.513. The molecule has 0 aromatic heterocycles. The lowest BCUT2D eigenvalue weighted by Gasteiger charge is -2.21. The second kappa shape index (κ2) is 6.07. The quantitative estimate of drug-likeness (QED) is 0.828. The summed E-state index contributed by atoms with van der Waals surface area (Å²) in [4.78, 5) is 11.5. The topological polar surface area (TPSA) is 50.4 Å². The van der Waals surface area contributed by atoms with Crippen molar-refractivity contribution in [3.05, 3.63) is 34.9 Å². The number of rotatable bonds is 3. The van der Waals surface area contributed by atoms with Crippen molar-refractivity contribution in [3.63, 3.8) is 0 Å². The number of amides is 1. The van der Waals surface area contributed by atoms with Gasteiger partial charge in [0, 0.05) is 11.1 Å². The van der Waals surface area contributed by atoms with Gasteiger partial charge in [-0.15, -0.1) is 0 Å². The third-order valence-electron chi connectivity index (χ3n) is 2.16. The molecule has 0 aliphatic carbocycles. The zero-order valence-electron chi connectivity index (χ0n) is 11.1. The Balaban J connectivity index is 2.49. The van der Waals surface area contributed by atoms with Gasteiger partial charge in [-0.25, -0.2) is 10.2 Å². The highest BCUT2D eigenvalue weighted by atomic mass is 35.5. The van der Waals surface area contributed by atoms with Crippen molar-refractivity contribution >= 4 is 17.7 Å². The van der Waals surface area contributed by atoms with Crippen molar-refractivity contribution in [3.8, 4) is 0 Å². The maximum absolute atomic E-state index is 11.5. The first-order valence-corrected chi connectivity index (χ1v) is 6.16. The maximum Gasteiger partial charge on any atom is 0.422 e. The third-order valence-corrected chi connectivity index (χ3v) is 2.51. The van der Waals surface area contributed by atoms with Crippen LogP contribution in [0.3, 0.4) is 0 Å². The van der Waals surface area contributed by atoms with E-state index in [1.165, 1.54) is 0 Å². The lowest BCUT2D eigenvalue weighted by molar-refractivity contribution is 0.0489. The number of carbonyl (C=O) groups is 1. The standard InChI is InChI=1S/C13H19ClN2O2/c1-9(10-7-5-6-8-11(10)14)15-16-12(17)18-13(2,3)4/h5-9,15H,1-4H3,(H,16,17). The molecule has 18 heavy (non-hydrogen) atoms. The molecular weight excluding hydrogens is 252 g/mol. The van der Waals surface area contributed by atoms with Crippen LogP contribution < -0.4 is 10.9 Å². The van der Waals surface area contributed by atoms with Gasteiger partial charge < -0.3 is 4.74 Å². The fourth-order valence-electron chi connectivity index (χ4n) is 1.37. The number of carbonyl (C=O) groups excluding carboxylic acids is 1. The third kappa shape index (κ3) is 4.94. The molecule has 0 spiro atoms. The number of hydrogen-bond acceptors (Lipinski definition) is 3. The molecule has 1 aromatic rings. The minimum absolute atomic E-state index is 0.105. The molecular formula is C13H19ClN2O2. The van der Waals surface area contributed by atoms with Gasteiger partial charge in [-0.2, -0.15) is 0 Å². The van der Waals surface area contributed by atoms with Gasteiger partial charge in [0.05, 0.1) is 0 Å². The summed E-state index contributed by atoms with van der Waals surface area (Å²) in [5, 5.41) is 0.656. The summed E-state index contributed by atoms with van der Waals surface area (Å²) < 4.78 is 5.11. The molecule has 1 aromatic carbocycles. The molecule has 0 aliphatic rings. The van der Waals surface area contributed by atoms with E-state index < -0.39 is 11.7 Å². The van der Waals surface area contributed by atoms with Crippen molar-refractivity contribution in [2.24, 2.45) is 0 Å². The summed E-state index contributed by atoms with van der Waals surface area (Å²) in [6, 6.07) is 7.36. The zero-order valence-corrected chi connectivity index (χ0v) is 11.8. The molecule has 4 nitrogen and oxygen atoms in total. The molecule has 100 valence electrons. The van der Waals surface area contributed by atoms with Gasteiger partial charge in [0.25, 0.3) is 0 Å². The average Bonchev–Trinajstić information content (AvgIpc) is 2.24. The van der Waals surface area contributed by atoms with E-state index in [1.54, 1.807) is 0 Å². The summed E-state index contributed by atoms with van der Waals surface area (Å²) >= 11 is 6.06. The Bertz CT molecular complexity index is 416. The molecule has 0 aliphatic heterocycles. The second-order valence-electron chi connectivity index (χ2n) is 5.01. The summed E-state index contributed by atoms with van der Waals surface area (Å²) in [6.45, 7) is 7.33. The van der Waals surface area contributed by atoms with E-state index in [2.05, 4.69) is 10.9 Å². The van der Waals surface area contributed by atoms with Crippen molar-refractivity contribution < 1.29 is 9.53 Å². The van der Waals surface area contributed by atoms with Gasteiger partial charge in [-0.1, -0.05) is 29.8 Å². The number of nitrogens with one attached hydrogen (secondary N) is 2. The smallest absolute Gasteiger partial charge is 0.422 e. The fourth-order valence-corrected chi connectivity index (χ4v) is 1.67. The predicted molar refractivity (Wildman–Crippen MR) is 72.4 cm³/mol. The molecule has 0 radical (unpaired) electrons. The minimum atomic E-state index is -0.514. The number of halogens is 1. The first-order chi connectivity index (χ1) is 8.29. The Morgan fingerprint density at radius 3 is 2.50 bits per heavy atom. The first kappa shape index (κ1) is 14.8. The van der Waals surface area contributed by atoms with Gasteiger partial charge in [0.1, 0.15) is 5.60 Å². The van der Waals surface area contributed by atoms with Crippen LogP contribution in [-0.2, 0) is 4.74 Å². The molecule has 1 amide bonds. The van der Waals surface area contributed by atoms with Crippen LogP contribution >= 0.6 is 11.6 Å². The van der Waals surface area contributed by atoms with Crippen LogP contribution in [0.15, 0.2) is 24.3 Å². The van der Waals surface area contributed by atoms with Gasteiger partial charge in [0.2, 0.25) is 0 Å². The van der Waals surface area contributed by atoms with Crippen LogP contribution in [0.4, 0.5) is 4.79 Å². The molecule has 0 heterocycles. The van der Waals surface area contributed by atoms with E-state index >= 15 is 0 Å². The number of hydrogen-bond donors (Lipinski definition) is 2. The van der Waals surface area contributed by atoms with Gasteiger partial charge in [-0.3, -0.25) is 5.43 Å². The second-order valence-corrected chi connectivity index (χ2v) is 5.42. The normalized spacial score (nSPS) is 12.9. The van der Waals surface area contributed by atoms with E-state index in [-0.39, 0.29) is 6.04 Å². The highest BCUT2D eigenvalue weighted by molar-refractivity contribution is 6.31. The molecule has 2 N–H and O–H groups in total. The Labute approximate surface area is 113 Å². The molecule has 0 saturated carbocycles. The van der Waals surface area contributed by atoms with Crippen molar-refractivity contribution in [2.45, 2.75) is 39.3 Å². The van der Waals surface area contributed by atoms with E-state index in [4.69, 9.17) is 16.3 Å². The van der Waals surface area contributed by atoms with Crippen molar-refractivity contribution in [2.75, 3.05) is 0 Å². The SMILES string of the molecule is CC(NNC(=O)OC(C)(C)C)c1ccccc1Cl. The van der Waals surface area contributed by atoms with Crippen molar-refractivity contribution in [1.29, 1.82) is 0 Å². The lowest BCUT2D eigenvalue weighted by atomic mass is 10.1. The Hall–Kier alpha value is -1.26. The number of hydrazine groups is 1. The zero-order chi connectivity index (χ0) is 13.8. The Morgan fingerprint density at radius 2 is 1.94 bits per heavy atom. The fraction of sp³-hybridized carbons (Fsp3) is 0.462. The molecule has 1 rings (SSSR count). The van der Waals surface area contributed by atoms with Gasteiger partial charge >= 0.3 is 6.09 Å². The largest absolute Gasteiger partial charge is 0.443 e. The maximum atomic E-state index is 11.5. The van der Waals surface area contributed by atoms with E-state index in [9.17, 15) is 4.79 Å². The Kier molecular flexibility index (Phi) is 4.99. The van der Waals surface area contributed by atoms with Crippen LogP contribution in [-0.4, -0.2) is 11.7 Å². The molecule has 0 bridgehead atoms. The highest BCUT2D eigenvalue weighted by Gasteiger charge is 2.17. The van der Waals surface area contributed by atoms with Crippen LogP contribution in [0, 0.1) is 0 Å². The van der Waals surface area contributed by atoms with Crippen molar-refractivity contribution in [1.82, 2.24) is 10.9 Å². The number of benzene rings is 1. The first-order valence-electron chi connectivity index (χ1n) is 5.78. The molecule has 1 unspecified atom stereocenters. The minimum Gasteiger partial charge on any atom is -0.443 e. The predicted octanol–water partition coefficient (Wildman–Crippen LogP) is 3.43. The highest BCUT2D eigenvalue weighted by Crippen LogP contribution is 2.21. The van der Waals surface area contributed by atoms with Crippen LogP contribution in [0.1, 0.15) is 39.3 Å². The van der Waals surface area contributed by atoms with Gasteiger partial charge in [0.15, 0.2) is 0 Å². The summed E-state index contributed by atoms with van der Waals surface area (Å²) in [7, 11) is 0. The molecule has 1 atom stereocenters. The van der Waals surface area contributed by atoms with E-state index in [1.807, 2.05) is 52.0 Å². The summed E-state index contributed by atoms with van der Waals surface area (Å²) in [5.41, 5.74) is 5.75. The van der Waals surface area contributed by atoms with E-state index in [0.29, 0.717) is 5.02 Å². The van der Waals surface area contributed by atoms with E-state index in [0.717, 1.165) is 5.56 Å². The molecule has 5 heteroatoms. The molecule has 0 fully saturated rings. The molecule has 0 saturated heterocycles. The monoisotopic (exact) mass is 270 g/mol. The Morgan fingerprint density at radius 1 is 1.33 bits per heavy atom. The summed E-state index contributed by atoms with van der Waals surface area (Å²) in [5.74, 6) is 0. The van der Waals surface area contributed by atoms with Crippen LogP contribution in [0.2, 0.25) is 5.02 Å². The van der Waals surface area contributed by atoms with Gasteiger partial charge in [-0.05, 0) is 39.3 Å².